The summed E-state index contributed by atoms with van der Waals surface area (Å²) in [6.07, 6.45) is 0. The molecule has 0 fully saturated rings. The first-order chi connectivity index (χ1) is 10.2. The van der Waals surface area contributed by atoms with Gasteiger partial charge < -0.3 is 15.4 Å². The fourth-order valence-electron chi connectivity index (χ4n) is 2.25. The van der Waals surface area contributed by atoms with Gasteiger partial charge in [-0.15, -0.1) is 0 Å². The number of methoxy groups -OCH3 is 1. The number of nitrogens with two attached hydrogens (primary N) is 1. The van der Waals surface area contributed by atoms with Gasteiger partial charge in [0.1, 0.15) is 5.75 Å². The van der Waals surface area contributed by atoms with Crippen LogP contribution in [0.1, 0.15) is 18.1 Å². The van der Waals surface area contributed by atoms with Crippen molar-refractivity contribution in [3.8, 4) is 11.8 Å². The van der Waals surface area contributed by atoms with Gasteiger partial charge in [0.25, 0.3) is 0 Å². The van der Waals surface area contributed by atoms with E-state index >= 15 is 0 Å². The van der Waals surface area contributed by atoms with Crippen molar-refractivity contribution < 1.29 is 4.74 Å². The second-order valence-electron chi connectivity index (χ2n) is 4.74. The Balaban J connectivity index is 2.30. The monoisotopic (exact) mass is 281 g/mol. The molecule has 0 saturated carbocycles. The van der Waals surface area contributed by atoms with Crippen molar-refractivity contribution in [1.29, 1.82) is 5.26 Å². The van der Waals surface area contributed by atoms with E-state index in [2.05, 4.69) is 17.9 Å². The van der Waals surface area contributed by atoms with E-state index in [0.29, 0.717) is 12.1 Å². The summed E-state index contributed by atoms with van der Waals surface area (Å²) in [7, 11) is 1.64. The molecular weight excluding hydrogens is 262 g/mol. The number of anilines is 2. The first-order valence-corrected chi connectivity index (χ1v) is 6.85. The van der Waals surface area contributed by atoms with Crippen LogP contribution >= 0.6 is 0 Å². The molecule has 0 radical (unpaired) electrons. The Morgan fingerprint density at radius 3 is 2.48 bits per heavy atom. The summed E-state index contributed by atoms with van der Waals surface area (Å²) in [5.74, 6) is 0.794. The lowest BCUT2D eigenvalue weighted by atomic mass is 10.1. The second kappa shape index (κ2) is 6.67. The smallest absolute Gasteiger partial charge is 0.123 e. The van der Waals surface area contributed by atoms with Gasteiger partial charge in [-0.05, 0) is 49.4 Å². The third-order valence-corrected chi connectivity index (χ3v) is 3.41. The van der Waals surface area contributed by atoms with Crippen molar-refractivity contribution in [3.63, 3.8) is 0 Å². The maximum Gasteiger partial charge on any atom is 0.123 e. The number of ether oxygens (including phenoxy) is 1. The van der Waals surface area contributed by atoms with Gasteiger partial charge in [-0.2, -0.15) is 5.26 Å². The summed E-state index contributed by atoms with van der Waals surface area (Å²) in [4.78, 5) is 2.21. The number of rotatable bonds is 5. The highest BCUT2D eigenvalue weighted by molar-refractivity contribution is 5.54. The van der Waals surface area contributed by atoms with Crippen molar-refractivity contribution in [2.75, 3.05) is 24.3 Å². The fourth-order valence-corrected chi connectivity index (χ4v) is 2.25. The Hall–Kier alpha value is -2.67. The molecule has 0 heterocycles. The van der Waals surface area contributed by atoms with Crippen LogP contribution in [-0.2, 0) is 6.54 Å². The van der Waals surface area contributed by atoms with Crippen LogP contribution in [-0.4, -0.2) is 13.7 Å². The highest BCUT2D eigenvalue weighted by atomic mass is 16.5. The van der Waals surface area contributed by atoms with E-state index in [1.165, 1.54) is 0 Å². The lowest BCUT2D eigenvalue weighted by molar-refractivity contribution is 0.409. The summed E-state index contributed by atoms with van der Waals surface area (Å²) in [6, 6.07) is 15.4. The number of hydrogen-bond donors (Lipinski definition) is 1. The van der Waals surface area contributed by atoms with Gasteiger partial charge in [0.2, 0.25) is 0 Å². The number of nitrogen functional groups attached to an aromatic ring is 1. The van der Waals surface area contributed by atoms with E-state index in [9.17, 15) is 0 Å². The summed E-state index contributed by atoms with van der Waals surface area (Å²) >= 11 is 0. The molecule has 0 aliphatic carbocycles. The maximum absolute atomic E-state index is 9.05. The van der Waals surface area contributed by atoms with Crippen molar-refractivity contribution in [3.05, 3.63) is 53.6 Å². The first-order valence-electron chi connectivity index (χ1n) is 6.85. The third kappa shape index (κ3) is 3.46. The van der Waals surface area contributed by atoms with Crippen molar-refractivity contribution in [1.82, 2.24) is 0 Å². The molecule has 0 aliphatic rings. The minimum atomic E-state index is 0.638. The third-order valence-electron chi connectivity index (χ3n) is 3.41. The van der Waals surface area contributed by atoms with Gasteiger partial charge in [-0.25, -0.2) is 0 Å². The Bertz CT molecular complexity index is 644. The van der Waals surface area contributed by atoms with Crippen LogP contribution < -0.4 is 15.4 Å². The zero-order valence-electron chi connectivity index (χ0n) is 12.3. The molecule has 0 amide bonds. The number of nitrogens with zero attached hydrogens (tertiary/aromatic N) is 2. The van der Waals surface area contributed by atoms with Gasteiger partial charge in [0.05, 0.1) is 18.7 Å². The minimum Gasteiger partial charge on any atom is -0.496 e. The molecule has 0 aliphatic heterocycles. The molecule has 2 aromatic rings. The highest BCUT2D eigenvalue weighted by Gasteiger charge is 2.10. The predicted molar refractivity (Wildman–Crippen MR) is 85.3 cm³/mol. The SMILES string of the molecule is CCN(Cc1cc(C#N)ccc1OC)c1ccc(N)cc1. The van der Waals surface area contributed by atoms with E-state index in [4.69, 9.17) is 15.7 Å². The van der Waals surface area contributed by atoms with Crippen LogP contribution in [0.5, 0.6) is 5.75 Å². The summed E-state index contributed by atoms with van der Waals surface area (Å²) < 4.78 is 5.39. The van der Waals surface area contributed by atoms with Crippen LogP contribution in [0.4, 0.5) is 11.4 Å². The molecule has 0 unspecified atom stereocenters. The first kappa shape index (κ1) is 14.7. The molecule has 108 valence electrons. The predicted octanol–water partition coefficient (Wildman–Crippen LogP) is 3.18. The Labute approximate surface area is 125 Å². The van der Waals surface area contributed by atoms with Crippen LogP contribution in [0.25, 0.3) is 0 Å². The van der Waals surface area contributed by atoms with E-state index in [-0.39, 0.29) is 0 Å². The average molecular weight is 281 g/mol. The summed E-state index contributed by atoms with van der Waals surface area (Å²) in [5, 5.41) is 9.05. The molecule has 0 aromatic heterocycles. The summed E-state index contributed by atoms with van der Waals surface area (Å²) in [5.41, 5.74) is 9.21. The van der Waals surface area contributed by atoms with Crippen molar-refractivity contribution in [2.24, 2.45) is 0 Å². The topological polar surface area (TPSA) is 62.3 Å². The Morgan fingerprint density at radius 2 is 1.90 bits per heavy atom. The van der Waals surface area contributed by atoms with E-state index < -0.39 is 0 Å². The van der Waals surface area contributed by atoms with Gasteiger partial charge in [-0.3, -0.25) is 0 Å². The summed E-state index contributed by atoms with van der Waals surface area (Å²) in [6.45, 7) is 3.62. The zero-order valence-corrected chi connectivity index (χ0v) is 12.3. The van der Waals surface area contributed by atoms with Crippen LogP contribution in [0.3, 0.4) is 0 Å². The maximum atomic E-state index is 9.05. The number of benzene rings is 2. The average Bonchev–Trinajstić information content (AvgIpc) is 2.53. The largest absolute Gasteiger partial charge is 0.496 e. The molecule has 0 atom stereocenters. The molecule has 0 spiro atoms. The molecule has 2 rings (SSSR count). The molecule has 4 nitrogen and oxygen atoms in total. The molecule has 4 heteroatoms. The van der Waals surface area contributed by atoms with Crippen LogP contribution in [0.15, 0.2) is 42.5 Å². The van der Waals surface area contributed by atoms with E-state index in [1.807, 2.05) is 36.4 Å². The van der Waals surface area contributed by atoms with Gasteiger partial charge in [-0.1, -0.05) is 0 Å². The molecule has 0 bridgehead atoms. The van der Waals surface area contributed by atoms with Crippen LogP contribution in [0.2, 0.25) is 0 Å². The zero-order chi connectivity index (χ0) is 15.2. The van der Waals surface area contributed by atoms with Crippen molar-refractivity contribution >= 4 is 11.4 Å². The van der Waals surface area contributed by atoms with Gasteiger partial charge in [0.15, 0.2) is 0 Å². The minimum absolute atomic E-state index is 0.638. The number of hydrogen-bond acceptors (Lipinski definition) is 4. The molecule has 2 aromatic carbocycles. The van der Waals surface area contributed by atoms with Crippen molar-refractivity contribution in [2.45, 2.75) is 13.5 Å². The lowest BCUT2D eigenvalue weighted by Crippen LogP contribution is -2.22. The Morgan fingerprint density at radius 1 is 1.19 bits per heavy atom. The van der Waals surface area contributed by atoms with E-state index in [0.717, 1.165) is 29.2 Å². The molecule has 0 saturated heterocycles. The van der Waals surface area contributed by atoms with E-state index in [1.54, 1.807) is 13.2 Å². The molecule has 2 N–H and O–H groups in total. The lowest BCUT2D eigenvalue weighted by Gasteiger charge is -2.24. The second-order valence-corrected chi connectivity index (χ2v) is 4.74. The van der Waals surface area contributed by atoms with Gasteiger partial charge in [0, 0.05) is 30.0 Å². The quantitative estimate of drug-likeness (QED) is 0.855. The standard InChI is InChI=1S/C17H19N3O/c1-3-20(16-7-5-15(19)6-8-16)12-14-10-13(11-18)4-9-17(14)21-2/h4-10H,3,12,19H2,1-2H3. The number of nitriles is 1. The van der Waals surface area contributed by atoms with Gasteiger partial charge >= 0.3 is 0 Å². The highest BCUT2D eigenvalue weighted by Crippen LogP contribution is 2.25. The Kier molecular flexibility index (Phi) is 4.68. The molecule has 21 heavy (non-hydrogen) atoms. The normalized spacial score (nSPS) is 9.95. The molecular formula is C17H19N3O. The fraction of sp³-hybridized carbons (Fsp3) is 0.235. The van der Waals surface area contributed by atoms with Crippen LogP contribution in [0, 0.1) is 11.3 Å².